The van der Waals surface area contributed by atoms with Crippen molar-refractivity contribution in [1.29, 1.82) is 0 Å². The highest BCUT2D eigenvalue weighted by atomic mass is 32.2. The number of sulfone groups is 1. The summed E-state index contributed by atoms with van der Waals surface area (Å²) in [6, 6.07) is 6.35. The summed E-state index contributed by atoms with van der Waals surface area (Å²) in [5, 5.41) is 2.77. The van der Waals surface area contributed by atoms with Crippen LogP contribution < -0.4 is 5.32 Å². The molecule has 1 aliphatic rings. The summed E-state index contributed by atoms with van der Waals surface area (Å²) in [5.74, 6) is 0.523. The first-order valence-electron chi connectivity index (χ1n) is 7.17. The molecule has 0 aromatic heterocycles. The Hall–Kier alpha value is -1.40. The standard InChI is InChI=1S/C15H22N2O3S/c1-12-5-4-8-17(10-12)11-15(18)16-13-6-3-7-14(9-13)21(2,19)20/h3,6-7,9,12H,4-5,8,10-11H2,1-2H3,(H,16,18). The number of amides is 1. The Morgan fingerprint density at radius 3 is 2.86 bits per heavy atom. The topological polar surface area (TPSA) is 66.5 Å². The molecule has 0 radical (unpaired) electrons. The monoisotopic (exact) mass is 310 g/mol. The van der Waals surface area contributed by atoms with E-state index >= 15 is 0 Å². The number of rotatable bonds is 4. The summed E-state index contributed by atoms with van der Waals surface area (Å²) in [6.45, 7) is 4.44. The molecule has 1 unspecified atom stereocenters. The Labute approximate surface area is 126 Å². The van der Waals surface area contributed by atoms with E-state index in [0.29, 0.717) is 18.2 Å². The second kappa shape index (κ2) is 6.58. The number of hydrogen-bond donors (Lipinski definition) is 1. The number of benzene rings is 1. The molecule has 1 atom stereocenters. The van der Waals surface area contributed by atoms with Crippen LogP contribution in [-0.2, 0) is 14.6 Å². The van der Waals surface area contributed by atoms with Crippen molar-refractivity contribution < 1.29 is 13.2 Å². The van der Waals surface area contributed by atoms with E-state index in [-0.39, 0.29) is 10.8 Å². The highest BCUT2D eigenvalue weighted by Gasteiger charge is 2.18. The zero-order valence-electron chi connectivity index (χ0n) is 12.5. The second-order valence-electron chi connectivity index (χ2n) is 5.83. The predicted molar refractivity (Wildman–Crippen MR) is 83.0 cm³/mol. The number of piperidine rings is 1. The number of carbonyl (C=O) groups is 1. The number of carbonyl (C=O) groups excluding carboxylic acids is 1. The summed E-state index contributed by atoms with van der Waals surface area (Å²) in [7, 11) is -3.26. The third kappa shape index (κ3) is 4.82. The molecule has 1 fully saturated rings. The lowest BCUT2D eigenvalue weighted by atomic mass is 10.0. The van der Waals surface area contributed by atoms with E-state index in [2.05, 4.69) is 17.1 Å². The van der Waals surface area contributed by atoms with Gasteiger partial charge in [0.1, 0.15) is 0 Å². The van der Waals surface area contributed by atoms with E-state index in [1.54, 1.807) is 12.1 Å². The second-order valence-corrected chi connectivity index (χ2v) is 7.85. The van der Waals surface area contributed by atoms with Gasteiger partial charge in [-0.25, -0.2) is 8.42 Å². The first-order valence-corrected chi connectivity index (χ1v) is 9.06. The van der Waals surface area contributed by atoms with E-state index in [0.717, 1.165) is 25.8 Å². The molecule has 1 saturated heterocycles. The molecule has 0 aliphatic carbocycles. The smallest absolute Gasteiger partial charge is 0.238 e. The van der Waals surface area contributed by atoms with Crippen LogP contribution in [0.25, 0.3) is 0 Å². The number of hydrogen-bond acceptors (Lipinski definition) is 4. The van der Waals surface area contributed by atoms with Crippen molar-refractivity contribution in [2.24, 2.45) is 5.92 Å². The molecule has 0 spiro atoms. The third-order valence-corrected chi connectivity index (χ3v) is 4.76. The molecule has 1 amide bonds. The zero-order chi connectivity index (χ0) is 15.5. The van der Waals surface area contributed by atoms with Gasteiger partial charge in [-0.1, -0.05) is 13.0 Å². The van der Waals surface area contributed by atoms with E-state index in [4.69, 9.17) is 0 Å². The van der Waals surface area contributed by atoms with Crippen molar-refractivity contribution in [2.45, 2.75) is 24.7 Å². The summed E-state index contributed by atoms with van der Waals surface area (Å²) in [4.78, 5) is 14.4. The van der Waals surface area contributed by atoms with Gasteiger partial charge in [0.25, 0.3) is 0 Å². The van der Waals surface area contributed by atoms with E-state index in [1.165, 1.54) is 18.6 Å². The molecule has 6 heteroatoms. The van der Waals surface area contributed by atoms with Crippen LogP contribution in [0, 0.1) is 5.92 Å². The fourth-order valence-electron chi connectivity index (χ4n) is 2.64. The zero-order valence-corrected chi connectivity index (χ0v) is 13.3. The van der Waals surface area contributed by atoms with Gasteiger partial charge >= 0.3 is 0 Å². The summed E-state index contributed by atoms with van der Waals surface area (Å²) < 4.78 is 23.0. The lowest BCUT2D eigenvalue weighted by molar-refractivity contribution is -0.117. The normalized spacial score (nSPS) is 20.2. The van der Waals surface area contributed by atoms with Crippen LogP contribution in [0.3, 0.4) is 0 Å². The molecular formula is C15H22N2O3S. The molecule has 1 aliphatic heterocycles. The van der Waals surface area contributed by atoms with Crippen molar-refractivity contribution >= 4 is 21.4 Å². The third-order valence-electron chi connectivity index (χ3n) is 3.65. The Morgan fingerprint density at radius 1 is 1.43 bits per heavy atom. The molecule has 1 N–H and O–H groups in total. The largest absolute Gasteiger partial charge is 0.325 e. The minimum Gasteiger partial charge on any atom is -0.325 e. The summed E-state index contributed by atoms with van der Waals surface area (Å²) >= 11 is 0. The number of nitrogens with zero attached hydrogens (tertiary/aromatic N) is 1. The van der Waals surface area contributed by atoms with Gasteiger partial charge in [-0.3, -0.25) is 9.69 Å². The average molecular weight is 310 g/mol. The molecular weight excluding hydrogens is 288 g/mol. The van der Waals surface area contributed by atoms with Crippen molar-refractivity contribution in [3.8, 4) is 0 Å². The maximum atomic E-state index is 12.0. The van der Waals surface area contributed by atoms with Crippen LogP contribution in [-0.4, -0.2) is 45.1 Å². The lowest BCUT2D eigenvalue weighted by Crippen LogP contribution is -2.39. The number of likely N-dealkylation sites (tertiary alicyclic amines) is 1. The van der Waals surface area contributed by atoms with Gasteiger partial charge in [-0.15, -0.1) is 0 Å². The van der Waals surface area contributed by atoms with Crippen LogP contribution >= 0.6 is 0 Å². The molecule has 1 aromatic rings. The predicted octanol–water partition coefficient (Wildman–Crippen LogP) is 1.76. The molecule has 1 heterocycles. The fraction of sp³-hybridized carbons (Fsp3) is 0.533. The minimum atomic E-state index is -3.26. The van der Waals surface area contributed by atoms with Crippen LogP contribution in [0.5, 0.6) is 0 Å². The SMILES string of the molecule is CC1CCCN(CC(=O)Nc2cccc(S(C)(=O)=O)c2)C1. The number of nitrogens with one attached hydrogen (secondary N) is 1. The van der Waals surface area contributed by atoms with E-state index in [1.807, 2.05) is 0 Å². The fourth-order valence-corrected chi connectivity index (χ4v) is 3.31. The van der Waals surface area contributed by atoms with Crippen molar-refractivity contribution in [3.63, 3.8) is 0 Å². The summed E-state index contributed by atoms with van der Waals surface area (Å²) in [5.41, 5.74) is 0.521. The minimum absolute atomic E-state index is 0.102. The molecule has 2 rings (SSSR count). The van der Waals surface area contributed by atoms with Crippen LogP contribution in [0.1, 0.15) is 19.8 Å². The van der Waals surface area contributed by atoms with E-state index < -0.39 is 9.84 Å². The van der Waals surface area contributed by atoms with Crippen molar-refractivity contribution in [3.05, 3.63) is 24.3 Å². The Balaban J connectivity index is 1.96. The lowest BCUT2D eigenvalue weighted by Gasteiger charge is -2.30. The number of anilines is 1. The molecule has 0 bridgehead atoms. The van der Waals surface area contributed by atoms with Crippen molar-refractivity contribution in [2.75, 3.05) is 31.2 Å². The Kier molecular flexibility index (Phi) is 5.00. The van der Waals surface area contributed by atoms with Gasteiger partial charge in [0.15, 0.2) is 9.84 Å². The van der Waals surface area contributed by atoms with Gasteiger partial charge in [0, 0.05) is 18.5 Å². The molecule has 116 valence electrons. The van der Waals surface area contributed by atoms with Crippen LogP contribution in [0.15, 0.2) is 29.2 Å². The van der Waals surface area contributed by atoms with Gasteiger partial charge in [0.2, 0.25) is 5.91 Å². The van der Waals surface area contributed by atoms with Crippen LogP contribution in [0.4, 0.5) is 5.69 Å². The average Bonchev–Trinajstić information content (AvgIpc) is 2.37. The molecule has 21 heavy (non-hydrogen) atoms. The Bertz CT molecular complexity index is 613. The van der Waals surface area contributed by atoms with Gasteiger partial charge in [-0.05, 0) is 43.5 Å². The molecule has 1 aromatic carbocycles. The maximum Gasteiger partial charge on any atom is 0.238 e. The first-order chi connectivity index (χ1) is 9.84. The van der Waals surface area contributed by atoms with Crippen molar-refractivity contribution in [1.82, 2.24) is 4.90 Å². The maximum absolute atomic E-state index is 12.0. The Morgan fingerprint density at radius 2 is 2.19 bits per heavy atom. The molecule has 5 nitrogen and oxygen atoms in total. The molecule has 0 saturated carbocycles. The van der Waals surface area contributed by atoms with Crippen LogP contribution in [0.2, 0.25) is 0 Å². The summed E-state index contributed by atoms with van der Waals surface area (Å²) in [6.07, 6.45) is 3.50. The highest BCUT2D eigenvalue weighted by Crippen LogP contribution is 2.17. The van der Waals surface area contributed by atoms with Gasteiger partial charge in [0.05, 0.1) is 11.4 Å². The highest BCUT2D eigenvalue weighted by molar-refractivity contribution is 7.90. The first kappa shape index (κ1) is 16.0. The van der Waals surface area contributed by atoms with Gasteiger partial charge in [-0.2, -0.15) is 0 Å². The van der Waals surface area contributed by atoms with E-state index in [9.17, 15) is 13.2 Å². The van der Waals surface area contributed by atoms with Gasteiger partial charge < -0.3 is 5.32 Å². The quantitative estimate of drug-likeness (QED) is 0.920.